The van der Waals surface area contributed by atoms with Crippen LogP contribution in [0.4, 0.5) is 0 Å². The van der Waals surface area contributed by atoms with E-state index in [1.54, 1.807) is 12.1 Å². The van der Waals surface area contributed by atoms with Gasteiger partial charge in [-0.05, 0) is 73.7 Å². The molecule has 3 aromatic rings. The van der Waals surface area contributed by atoms with Crippen molar-refractivity contribution >= 4 is 28.5 Å². The summed E-state index contributed by atoms with van der Waals surface area (Å²) in [5.41, 5.74) is 5.10. The van der Waals surface area contributed by atoms with Gasteiger partial charge in [-0.1, -0.05) is 23.7 Å². The number of fused-ring (bicyclic) bond motifs is 3. The molecule has 0 spiro atoms. The van der Waals surface area contributed by atoms with Crippen molar-refractivity contribution in [1.29, 1.82) is 0 Å². The number of aromatic amines is 1. The summed E-state index contributed by atoms with van der Waals surface area (Å²) in [6, 6.07) is 13.6. The number of aryl methyl sites for hydroxylation is 1. The zero-order valence-electron chi connectivity index (χ0n) is 14.4. The second kappa shape index (κ2) is 7.14. The number of rotatable bonds is 5. The van der Waals surface area contributed by atoms with E-state index in [4.69, 9.17) is 11.6 Å². The van der Waals surface area contributed by atoms with E-state index in [2.05, 4.69) is 22.4 Å². The van der Waals surface area contributed by atoms with E-state index in [0.29, 0.717) is 5.56 Å². The fraction of sp³-hybridized carbons (Fsp3) is 0.286. The molecule has 4 nitrogen and oxygen atoms in total. The van der Waals surface area contributed by atoms with Gasteiger partial charge in [-0.15, -0.1) is 0 Å². The molecule has 1 aliphatic carbocycles. The molecule has 1 aliphatic rings. The number of carboxylic acids is 1. The molecule has 0 bridgehead atoms. The Kier molecular flexibility index (Phi) is 4.70. The minimum atomic E-state index is -0.879. The van der Waals surface area contributed by atoms with E-state index in [1.165, 1.54) is 16.8 Å². The van der Waals surface area contributed by atoms with Gasteiger partial charge in [0, 0.05) is 27.7 Å². The average Bonchev–Trinajstić information content (AvgIpc) is 3.02. The van der Waals surface area contributed by atoms with E-state index in [0.717, 1.165) is 48.2 Å². The van der Waals surface area contributed by atoms with Crippen molar-refractivity contribution in [3.8, 4) is 0 Å². The van der Waals surface area contributed by atoms with Crippen LogP contribution in [0.1, 0.15) is 46.1 Å². The molecule has 1 heterocycles. The summed E-state index contributed by atoms with van der Waals surface area (Å²) in [6.07, 6.45) is 4.14. The zero-order valence-corrected chi connectivity index (χ0v) is 15.1. The van der Waals surface area contributed by atoms with Crippen LogP contribution in [0.2, 0.25) is 5.02 Å². The Balaban J connectivity index is 1.52. The molecular formula is C21H21ClN2O2. The van der Waals surface area contributed by atoms with Crippen molar-refractivity contribution in [3.63, 3.8) is 0 Å². The minimum absolute atomic E-state index is 0.284. The number of aromatic nitrogens is 1. The first-order valence-corrected chi connectivity index (χ1v) is 9.35. The molecule has 1 aromatic heterocycles. The number of hydrogen-bond acceptors (Lipinski definition) is 2. The molecule has 26 heavy (non-hydrogen) atoms. The lowest BCUT2D eigenvalue weighted by Crippen LogP contribution is -2.27. The second-order valence-corrected chi connectivity index (χ2v) is 7.29. The topological polar surface area (TPSA) is 65.1 Å². The Morgan fingerprint density at radius 2 is 2.04 bits per heavy atom. The summed E-state index contributed by atoms with van der Waals surface area (Å²) >= 11 is 5.94. The number of H-pyrrole nitrogens is 1. The maximum absolute atomic E-state index is 11.3. The molecule has 0 aliphatic heterocycles. The van der Waals surface area contributed by atoms with Gasteiger partial charge in [0.2, 0.25) is 0 Å². The molecular weight excluding hydrogens is 348 g/mol. The summed E-state index contributed by atoms with van der Waals surface area (Å²) < 4.78 is 0. The van der Waals surface area contributed by atoms with E-state index >= 15 is 0 Å². The van der Waals surface area contributed by atoms with Gasteiger partial charge in [0.1, 0.15) is 0 Å². The highest BCUT2D eigenvalue weighted by Crippen LogP contribution is 2.35. The van der Waals surface area contributed by atoms with Gasteiger partial charge in [0.15, 0.2) is 0 Å². The van der Waals surface area contributed by atoms with Gasteiger partial charge >= 0.3 is 5.97 Å². The highest BCUT2D eigenvalue weighted by molar-refractivity contribution is 6.30. The van der Waals surface area contributed by atoms with Crippen molar-refractivity contribution in [2.45, 2.75) is 31.7 Å². The summed E-state index contributed by atoms with van der Waals surface area (Å²) in [6.45, 7) is 0.890. The first-order valence-electron chi connectivity index (χ1n) is 8.97. The number of halogens is 1. The van der Waals surface area contributed by atoms with Gasteiger partial charge in [0.25, 0.3) is 0 Å². The fourth-order valence-electron chi connectivity index (χ4n) is 3.84. The van der Waals surface area contributed by atoms with Gasteiger partial charge in [-0.25, -0.2) is 4.79 Å². The maximum atomic E-state index is 11.3. The SMILES string of the molecule is O=C(O)c1ccc2[nH]c3c(c2c1)CCCC3NCCc1ccc(Cl)cc1. The summed E-state index contributed by atoms with van der Waals surface area (Å²) in [7, 11) is 0. The number of hydrogen-bond donors (Lipinski definition) is 3. The molecule has 4 rings (SSSR count). The Labute approximate surface area is 157 Å². The van der Waals surface area contributed by atoms with Crippen molar-refractivity contribution in [1.82, 2.24) is 10.3 Å². The minimum Gasteiger partial charge on any atom is -0.478 e. The Hall–Kier alpha value is -2.30. The lowest BCUT2D eigenvalue weighted by Gasteiger charge is -2.24. The smallest absolute Gasteiger partial charge is 0.335 e. The van der Waals surface area contributed by atoms with Crippen molar-refractivity contribution in [2.75, 3.05) is 6.54 Å². The second-order valence-electron chi connectivity index (χ2n) is 6.86. The third kappa shape index (κ3) is 3.35. The van der Waals surface area contributed by atoms with E-state index in [9.17, 15) is 9.90 Å². The average molecular weight is 369 g/mol. The van der Waals surface area contributed by atoms with Crippen LogP contribution in [0.15, 0.2) is 42.5 Å². The molecule has 2 aromatic carbocycles. The lowest BCUT2D eigenvalue weighted by molar-refractivity contribution is 0.0697. The molecule has 1 unspecified atom stereocenters. The number of benzene rings is 2. The molecule has 0 fully saturated rings. The van der Waals surface area contributed by atoms with E-state index in [1.807, 2.05) is 18.2 Å². The molecule has 5 heteroatoms. The normalized spacial score (nSPS) is 16.6. The molecule has 1 atom stereocenters. The van der Waals surface area contributed by atoms with Crippen LogP contribution in [0.3, 0.4) is 0 Å². The number of carbonyl (C=O) groups is 1. The van der Waals surface area contributed by atoms with Gasteiger partial charge in [0.05, 0.1) is 5.56 Å². The van der Waals surface area contributed by atoms with E-state index < -0.39 is 5.97 Å². The Bertz CT molecular complexity index is 947. The lowest BCUT2D eigenvalue weighted by atomic mass is 9.91. The number of nitrogens with one attached hydrogen (secondary N) is 2. The first-order chi connectivity index (χ1) is 12.6. The first kappa shape index (κ1) is 17.1. The van der Waals surface area contributed by atoms with Crippen LogP contribution in [-0.2, 0) is 12.8 Å². The zero-order chi connectivity index (χ0) is 18.1. The standard InChI is InChI=1S/C21H21ClN2O2/c22-15-7-4-13(5-8-15)10-11-23-19-3-1-2-16-17-12-14(21(25)26)6-9-18(17)24-20(16)19/h4-9,12,19,23-24H,1-3,10-11H2,(H,25,26). The molecule has 3 N–H and O–H groups in total. The highest BCUT2D eigenvalue weighted by atomic mass is 35.5. The third-order valence-corrected chi connectivity index (χ3v) is 5.42. The van der Waals surface area contributed by atoms with Crippen molar-refractivity contribution in [3.05, 3.63) is 69.9 Å². The van der Waals surface area contributed by atoms with Crippen LogP contribution in [-0.4, -0.2) is 22.6 Å². The van der Waals surface area contributed by atoms with Crippen LogP contribution in [0, 0.1) is 0 Å². The van der Waals surface area contributed by atoms with Crippen molar-refractivity contribution < 1.29 is 9.90 Å². The quantitative estimate of drug-likeness (QED) is 0.610. The monoisotopic (exact) mass is 368 g/mol. The highest BCUT2D eigenvalue weighted by Gasteiger charge is 2.24. The Morgan fingerprint density at radius 1 is 1.23 bits per heavy atom. The van der Waals surface area contributed by atoms with Crippen LogP contribution in [0.25, 0.3) is 10.9 Å². The maximum Gasteiger partial charge on any atom is 0.335 e. The van der Waals surface area contributed by atoms with Gasteiger partial charge in [-0.3, -0.25) is 0 Å². The molecule has 0 saturated heterocycles. The molecule has 0 saturated carbocycles. The summed E-state index contributed by atoms with van der Waals surface area (Å²) in [5.74, 6) is -0.879. The number of aromatic carboxylic acids is 1. The summed E-state index contributed by atoms with van der Waals surface area (Å²) in [5, 5.41) is 14.7. The largest absolute Gasteiger partial charge is 0.478 e. The third-order valence-electron chi connectivity index (χ3n) is 5.17. The fourth-order valence-corrected chi connectivity index (χ4v) is 3.97. The van der Waals surface area contributed by atoms with Crippen LogP contribution < -0.4 is 5.32 Å². The predicted molar refractivity (Wildman–Crippen MR) is 104 cm³/mol. The van der Waals surface area contributed by atoms with Crippen LogP contribution in [0.5, 0.6) is 0 Å². The van der Waals surface area contributed by atoms with E-state index in [-0.39, 0.29) is 6.04 Å². The predicted octanol–water partition coefficient (Wildman–Crippen LogP) is 4.73. The molecule has 0 amide bonds. The summed E-state index contributed by atoms with van der Waals surface area (Å²) in [4.78, 5) is 14.8. The van der Waals surface area contributed by atoms with Crippen LogP contribution >= 0.6 is 11.6 Å². The number of carboxylic acid groups (broad SMARTS) is 1. The molecule has 134 valence electrons. The van der Waals surface area contributed by atoms with Gasteiger partial charge < -0.3 is 15.4 Å². The Morgan fingerprint density at radius 3 is 2.81 bits per heavy atom. The van der Waals surface area contributed by atoms with Crippen molar-refractivity contribution in [2.24, 2.45) is 0 Å². The molecule has 0 radical (unpaired) electrons. The van der Waals surface area contributed by atoms with Gasteiger partial charge in [-0.2, -0.15) is 0 Å².